The molecular weight excluding hydrogens is 306 g/mol. The first-order valence-corrected chi connectivity index (χ1v) is 8.23. The summed E-state index contributed by atoms with van der Waals surface area (Å²) in [6, 6.07) is 7.57. The van der Waals surface area contributed by atoms with Crippen LogP contribution in [0.4, 0.5) is 0 Å². The van der Waals surface area contributed by atoms with Gasteiger partial charge >= 0.3 is 0 Å². The second kappa shape index (κ2) is 7.15. The largest absolute Gasteiger partial charge is 0.396 e. The molecule has 3 heterocycles. The third-order valence-electron chi connectivity index (χ3n) is 4.49. The summed E-state index contributed by atoms with van der Waals surface area (Å²) in [5.74, 6) is 0.799. The Labute approximate surface area is 141 Å². The standard InChI is InChI=1S/C18H23N3O3/c1-13-11-16(14(2)21(13)17-5-3-4-7-19-17)18(23)20-8-10-24-12-15(20)6-9-22/h3-5,7,11,15,22H,6,8-10,12H2,1-2H3. The highest BCUT2D eigenvalue weighted by molar-refractivity contribution is 5.96. The van der Waals surface area contributed by atoms with Crippen molar-refractivity contribution in [1.29, 1.82) is 0 Å². The molecule has 1 unspecified atom stereocenters. The summed E-state index contributed by atoms with van der Waals surface area (Å²) in [7, 11) is 0. The Morgan fingerprint density at radius 3 is 2.96 bits per heavy atom. The maximum Gasteiger partial charge on any atom is 0.256 e. The van der Waals surface area contributed by atoms with E-state index in [2.05, 4.69) is 4.98 Å². The molecule has 24 heavy (non-hydrogen) atoms. The first-order chi connectivity index (χ1) is 11.6. The normalized spacial score (nSPS) is 18.0. The molecule has 1 saturated heterocycles. The highest BCUT2D eigenvalue weighted by Gasteiger charge is 2.30. The minimum atomic E-state index is -0.0749. The maximum absolute atomic E-state index is 13.1. The highest BCUT2D eigenvalue weighted by Crippen LogP contribution is 2.23. The number of ether oxygens (including phenoxy) is 1. The van der Waals surface area contributed by atoms with Gasteiger partial charge in [-0.1, -0.05) is 6.07 Å². The number of morpholine rings is 1. The monoisotopic (exact) mass is 329 g/mol. The van der Waals surface area contributed by atoms with E-state index in [0.717, 1.165) is 17.2 Å². The van der Waals surface area contributed by atoms with Crippen LogP contribution in [0, 0.1) is 13.8 Å². The van der Waals surface area contributed by atoms with Gasteiger partial charge in [-0.3, -0.25) is 4.79 Å². The fourth-order valence-electron chi connectivity index (χ4n) is 3.28. The number of aliphatic hydroxyl groups excluding tert-OH is 1. The van der Waals surface area contributed by atoms with Crippen molar-refractivity contribution in [1.82, 2.24) is 14.5 Å². The Bertz CT molecular complexity index is 710. The number of pyridine rings is 1. The number of carbonyl (C=O) groups excluding carboxylic acids is 1. The van der Waals surface area contributed by atoms with Crippen molar-refractivity contribution in [3.8, 4) is 5.82 Å². The van der Waals surface area contributed by atoms with Gasteiger partial charge in [0.25, 0.3) is 5.91 Å². The lowest BCUT2D eigenvalue weighted by Crippen LogP contribution is -2.49. The van der Waals surface area contributed by atoms with Crippen molar-refractivity contribution in [2.24, 2.45) is 0 Å². The molecule has 2 aromatic heterocycles. The van der Waals surface area contributed by atoms with Crippen molar-refractivity contribution >= 4 is 5.91 Å². The van der Waals surface area contributed by atoms with Crippen molar-refractivity contribution < 1.29 is 14.6 Å². The van der Waals surface area contributed by atoms with Gasteiger partial charge in [-0.05, 0) is 38.5 Å². The van der Waals surface area contributed by atoms with E-state index in [9.17, 15) is 9.90 Å². The zero-order chi connectivity index (χ0) is 17.1. The van der Waals surface area contributed by atoms with E-state index in [1.807, 2.05) is 47.6 Å². The molecule has 6 heteroatoms. The SMILES string of the molecule is Cc1cc(C(=O)N2CCOCC2CCO)c(C)n1-c1ccccn1. The number of aromatic nitrogens is 2. The van der Waals surface area contributed by atoms with Crippen molar-refractivity contribution in [2.75, 3.05) is 26.4 Å². The zero-order valence-electron chi connectivity index (χ0n) is 14.1. The van der Waals surface area contributed by atoms with Crippen molar-refractivity contribution in [2.45, 2.75) is 26.3 Å². The van der Waals surface area contributed by atoms with Gasteiger partial charge in [0, 0.05) is 30.7 Å². The minimum Gasteiger partial charge on any atom is -0.396 e. The van der Waals surface area contributed by atoms with Crippen LogP contribution in [0.25, 0.3) is 5.82 Å². The molecule has 128 valence electrons. The van der Waals surface area contributed by atoms with Crippen LogP contribution in [0.2, 0.25) is 0 Å². The lowest BCUT2D eigenvalue weighted by molar-refractivity contribution is -0.00833. The smallest absolute Gasteiger partial charge is 0.256 e. The summed E-state index contributed by atoms with van der Waals surface area (Å²) in [6.07, 6.45) is 2.28. The Morgan fingerprint density at radius 2 is 2.25 bits per heavy atom. The van der Waals surface area contributed by atoms with Crippen molar-refractivity contribution in [3.63, 3.8) is 0 Å². The van der Waals surface area contributed by atoms with E-state index in [1.165, 1.54) is 0 Å². The molecule has 1 atom stereocenters. The van der Waals surface area contributed by atoms with E-state index >= 15 is 0 Å². The molecule has 1 amide bonds. The molecule has 0 aliphatic carbocycles. The zero-order valence-corrected chi connectivity index (χ0v) is 14.1. The van der Waals surface area contributed by atoms with Crippen LogP contribution < -0.4 is 0 Å². The number of rotatable bonds is 4. The number of carbonyl (C=O) groups is 1. The first-order valence-electron chi connectivity index (χ1n) is 8.23. The molecule has 0 radical (unpaired) electrons. The third-order valence-corrected chi connectivity index (χ3v) is 4.49. The molecule has 0 saturated carbocycles. The van der Waals surface area contributed by atoms with Crippen LogP contribution >= 0.6 is 0 Å². The van der Waals surface area contributed by atoms with Crippen LogP contribution in [-0.4, -0.2) is 57.9 Å². The molecule has 1 aliphatic heterocycles. The van der Waals surface area contributed by atoms with Gasteiger partial charge in [0.2, 0.25) is 0 Å². The molecule has 3 rings (SSSR count). The molecule has 0 spiro atoms. The minimum absolute atomic E-state index is 0.00738. The molecule has 1 aliphatic rings. The molecule has 0 aromatic carbocycles. The van der Waals surface area contributed by atoms with Gasteiger partial charge in [-0.25, -0.2) is 4.98 Å². The van der Waals surface area contributed by atoms with Gasteiger partial charge in [0.1, 0.15) is 5.82 Å². The fraction of sp³-hybridized carbons (Fsp3) is 0.444. The number of hydrogen-bond acceptors (Lipinski definition) is 4. The number of aryl methyl sites for hydroxylation is 1. The lowest BCUT2D eigenvalue weighted by Gasteiger charge is -2.35. The van der Waals surface area contributed by atoms with Crippen LogP contribution in [-0.2, 0) is 4.74 Å². The average Bonchev–Trinajstić information content (AvgIpc) is 2.90. The first kappa shape index (κ1) is 16.7. The summed E-state index contributed by atoms with van der Waals surface area (Å²) >= 11 is 0. The van der Waals surface area contributed by atoms with Crippen molar-refractivity contribution in [3.05, 3.63) is 47.4 Å². The van der Waals surface area contributed by atoms with E-state index < -0.39 is 0 Å². The van der Waals surface area contributed by atoms with E-state index in [-0.39, 0.29) is 18.6 Å². The Morgan fingerprint density at radius 1 is 1.42 bits per heavy atom. The molecule has 2 aromatic rings. The van der Waals surface area contributed by atoms with E-state index in [0.29, 0.717) is 31.7 Å². The van der Waals surface area contributed by atoms with Gasteiger partial charge in [-0.15, -0.1) is 0 Å². The summed E-state index contributed by atoms with van der Waals surface area (Å²) in [6.45, 7) is 5.53. The van der Waals surface area contributed by atoms with Gasteiger partial charge < -0.3 is 19.3 Å². The summed E-state index contributed by atoms with van der Waals surface area (Å²) in [5.41, 5.74) is 2.54. The fourth-order valence-corrected chi connectivity index (χ4v) is 3.28. The van der Waals surface area contributed by atoms with Crippen LogP contribution in [0.3, 0.4) is 0 Å². The maximum atomic E-state index is 13.1. The summed E-state index contributed by atoms with van der Waals surface area (Å²) in [4.78, 5) is 19.3. The molecule has 1 N–H and O–H groups in total. The molecule has 6 nitrogen and oxygen atoms in total. The molecule has 0 bridgehead atoms. The predicted molar refractivity (Wildman–Crippen MR) is 90.4 cm³/mol. The summed E-state index contributed by atoms with van der Waals surface area (Å²) in [5, 5.41) is 9.23. The van der Waals surface area contributed by atoms with Gasteiger partial charge in [-0.2, -0.15) is 0 Å². The molecular formula is C18H23N3O3. The third kappa shape index (κ3) is 3.07. The quantitative estimate of drug-likeness (QED) is 0.927. The van der Waals surface area contributed by atoms with Crippen LogP contribution in [0.15, 0.2) is 30.5 Å². The number of amides is 1. The number of nitrogens with zero attached hydrogens (tertiary/aromatic N) is 3. The average molecular weight is 329 g/mol. The Balaban J connectivity index is 1.93. The second-order valence-corrected chi connectivity index (χ2v) is 6.05. The summed E-state index contributed by atoms with van der Waals surface area (Å²) < 4.78 is 7.45. The Hall–Kier alpha value is -2.18. The number of aliphatic hydroxyl groups is 1. The van der Waals surface area contributed by atoms with E-state index in [1.54, 1.807) is 6.20 Å². The predicted octanol–water partition coefficient (Wildman–Crippen LogP) is 1.71. The topological polar surface area (TPSA) is 67.6 Å². The molecule has 1 fully saturated rings. The lowest BCUT2D eigenvalue weighted by atomic mass is 10.1. The van der Waals surface area contributed by atoms with E-state index in [4.69, 9.17) is 4.74 Å². The van der Waals surface area contributed by atoms with Crippen LogP contribution in [0.5, 0.6) is 0 Å². The second-order valence-electron chi connectivity index (χ2n) is 6.05. The Kier molecular flexibility index (Phi) is 4.97. The number of hydrogen-bond donors (Lipinski definition) is 1. The van der Waals surface area contributed by atoms with Crippen LogP contribution in [0.1, 0.15) is 28.2 Å². The highest BCUT2D eigenvalue weighted by atomic mass is 16.5. The van der Waals surface area contributed by atoms with Gasteiger partial charge in [0.05, 0.1) is 24.8 Å². The van der Waals surface area contributed by atoms with Gasteiger partial charge in [0.15, 0.2) is 0 Å².